The molecule has 0 atom stereocenters. The molecule has 3 aromatic heterocycles. The highest BCUT2D eigenvalue weighted by Crippen LogP contribution is 2.44. The van der Waals surface area contributed by atoms with Crippen LogP contribution in [0.15, 0.2) is 144 Å². The monoisotopic (exact) mass is 541 g/mol. The van der Waals surface area contributed by atoms with Crippen LogP contribution in [0.3, 0.4) is 0 Å². The smallest absolute Gasteiger partial charge is 0.161 e. The van der Waals surface area contributed by atoms with E-state index in [2.05, 4.69) is 144 Å². The molecule has 9 rings (SSSR count). The highest BCUT2D eigenvalue weighted by Gasteiger charge is 2.20. The van der Waals surface area contributed by atoms with Crippen molar-refractivity contribution in [1.29, 1.82) is 0 Å². The van der Waals surface area contributed by atoms with Gasteiger partial charge < -0.3 is 8.98 Å². The summed E-state index contributed by atoms with van der Waals surface area (Å²) in [7, 11) is 0. The Morgan fingerprint density at radius 1 is 0.512 bits per heavy atom. The van der Waals surface area contributed by atoms with E-state index in [-0.39, 0.29) is 0 Å². The van der Waals surface area contributed by atoms with Crippen LogP contribution >= 0.6 is 11.3 Å². The zero-order valence-corrected chi connectivity index (χ0v) is 22.9. The number of hydrogen-bond donors (Lipinski definition) is 0. The van der Waals surface area contributed by atoms with Gasteiger partial charge in [0.1, 0.15) is 11.1 Å². The minimum atomic E-state index is 0.901. The highest BCUT2D eigenvalue weighted by atomic mass is 32.1. The maximum atomic E-state index is 6.67. The number of thiophene rings is 1. The summed E-state index contributed by atoms with van der Waals surface area (Å²) >= 11 is 1.87. The first-order valence-electron chi connectivity index (χ1n) is 13.9. The van der Waals surface area contributed by atoms with Crippen LogP contribution in [0.4, 0.5) is 0 Å². The molecule has 0 radical (unpaired) electrons. The van der Waals surface area contributed by atoms with E-state index in [4.69, 9.17) is 4.42 Å². The molecule has 0 aliphatic carbocycles. The van der Waals surface area contributed by atoms with Crippen molar-refractivity contribution in [1.82, 2.24) is 4.57 Å². The van der Waals surface area contributed by atoms with Crippen LogP contribution in [-0.4, -0.2) is 4.57 Å². The molecule has 0 unspecified atom stereocenters. The summed E-state index contributed by atoms with van der Waals surface area (Å²) in [5.74, 6) is 0. The summed E-state index contributed by atoms with van der Waals surface area (Å²) in [5.41, 5.74) is 10.1. The molecule has 41 heavy (non-hydrogen) atoms. The van der Waals surface area contributed by atoms with Crippen LogP contribution in [0.2, 0.25) is 0 Å². The molecule has 192 valence electrons. The molecule has 0 saturated heterocycles. The highest BCUT2D eigenvalue weighted by molar-refractivity contribution is 7.26. The average Bonchev–Trinajstić information content (AvgIpc) is 3.70. The van der Waals surface area contributed by atoms with Gasteiger partial charge in [-0.1, -0.05) is 97.1 Å². The van der Waals surface area contributed by atoms with E-state index in [1.54, 1.807) is 0 Å². The number of nitrogens with zero attached hydrogens (tertiary/aromatic N) is 1. The Morgan fingerprint density at radius 3 is 2.12 bits per heavy atom. The lowest BCUT2D eigenvalue weighted by molar-refractivity contribution is 0.673. The molecule has 2 nitrogen and oxygen atoms in total. The molecule has 0 amide bonds. The van der Waals surface area contributed by atoms with E-state index in [0.717, 1.165) is 44.2 Å². The summed E-state index contributed by atoms with van der Waals surface area (Å²) in [4.78, 5) is 0. The molecule has 0 fully saturated rings. The molecule has 6 aromatic carbocycles. The Bertz CT molecular complexity index is 2420. The van der Waals surface area contributed by atoms with Crippen molar-refractivity contribution >= 4 is 64.5 Å². The average molecular weight is 542 g/mol. The summed E-state index contributed by atoms with van der Waals surface area (Å²) < 4.78 is 11.6. The van der Waals surface area contributed by atoms with Gasteiger partial charge in [0.15, 0.2) is 5.58 Å². The van der Waals surface area contributed by atoms with Gasteiger partial charge in [0.25, 0.3) is 0 Å². The zero-order chi connectivity index (χ0) is 26.9. The number of para-hydroxylation sites is 2. The Kier molecular flexibility index (Phi) is 4.80. The standard InChI is InChI=1S/C38H23NOS/c1-2-11-25(12-3-1)39-33-19-8-6-16-31(33)37-36(39)32-22-21-24(23-34(32)40-37)26-13-4-5-14-27(26)29-17-10-18-30-28-15-7-9-20-35(28)41-38(29)30/h1-23H. The van der Waals surface area contributed by atoms with Crippen molar-refractivity contribution in [2.45, 2.75) is 0 Å². The van der Waals surface area contributed by atoms with Gasteiger partial charge in [-0.3, -0.25) is 0 Å². The van der Waals surface area contributed by atoms with Crippen molar-refractivity contribution in [3.05, 3.63) is 140 Å². The topological polar surface area (TPSA) is 18.1 Å². The number of aromatic nitrogens is 1. The van der Waals surface area contributed by atoms with E-state index in [1.807, 2.05) is 11.3 Å². The second kappa shape index (κ2) is 8.69. The molecule has 0 saturated carbocycles. The van der Waals surface area contributed by atoms with Crippen LogP contribution in [0.1, 0.15) is 0 Å². The van der Waals surface area contributed by atoms with Gasteiger partial charge in [-0.2, -0.15) is 0 Å². The number of rotatable bonds is 3. The summed E-state index contributed by atoms with van der Waals surface area (Å²) in [6.45, 7) is 0. The molecule has 0 aliphatic heterocycles. The molecular weight excluding hydrogens is 518 g/mol. The van der Waals surface area contributed by atoms with Crippen molar-refractivity contribution in [2.75, 3.05) is 0 Å². The van der Waals surface area contributed by atoms with Crippen molar-refractivity contribution < 1.29 is 4.42 Å². The Morgan fingerprint density at radius 2 is 1.22 bits per heavy atom. The first-order valence-corrected chi connectivity index (χ1v) is 14.7. The van der Waals surface area contributed by atoms with E-state index < -0.39 is 0 Å². The second-order valence-corrected chi connectivity index (χ2v) is 11.6. The van der Waals surface area contributed by atoms with Crippen LogP contribution in [0.25, 0.3) is 81.1 Å². The van der Waals surface area contributed by atoms with Crippen molar-refractivity contribution in [3.63, 3.8) is 0 Å². The van der Waals surface area contributed by atoms with Crippen LogP contribution < -0.4 is 0 Å². The lowest BCUT2D eigenvalue weighted by Gasteiger charge is -2.11. The van der Waals surface area contributed by atoms with Gasteiger partial charge in [0.2, 0.25) is 0 Å². The maximum Gasteiger partial charge on any atom is 0.161 e. The molecule has 9 aromatic rings. The first kappa shape index (κ1) is 22.7. The second-order valence-electron chi connectivity index (χ2n) is 10.5. The summed E-state index contributed by atoms with van der Waals surface area (Å²) in [6, 6.07) is 49.8. The molecule has 0 spiro atoms. The van der Waals surface area contributed by atoms with E-state index in [1.165, 1.54) is 36.9 Å². The van der Waals surface area contributed by atoms with Gasteiger partial charge in [0, 0.05) is 42.2 Å². The quantitative estimate of drug-likeness (QED) is 0.217. The van der Waals surface area contributed by atoms with E-state index in [9.17, 15) is 0 Å². The van der Waals surface area contributed by atoms with Gasteiger partial charge >= 0.3 is 0 Å². The SMILES string of the molecule is c1ccc(-n2c3ccccc3c3oc4cc(-c5ccccc5-c5cccc6c5sc5ccccc56)ccc4c32)cc1. The number of benzene rings is 6. The molecule has 0 aliphatic rings. The van der Waals surface area contributed by atoms with Gasteiger partial charge in [-0.25, -0.2) is 0 Å². The predicted molar refractivity (Wildman–Crippen MR) is 174 cm³/mol. The number of fused-ring (bicyclic) bond motifs is 8. The number of furan rings is 1. The zero-order valence-electron chi connectivity index (χ0n) is 22.0. The fraction of sp³-hybridized carbons (Fsp3) is 0. The molecule has 3 heterocycles. The molecule has 0 bridgehead atoms. The third-order valence-electron chi connectivity index (χ3n) is 8.22. The minimum Gasteiger partial charge on any atom is -0.454 e. The Hall–Kier alpha value is -5.12. The van der Waals surface area contributed by atoms with Gasteiger partial charge in [0.05, 0.1) is 5.52 Å². The fourth-order valence-corrected chi connectivity index (χ4v) is 7.64. The number of hydrogen-bond acceptors (Lipinski definition) is 2. The van der Waals surface area contributed by atoms with Crippen molar-refractivity contribution in [2.24, 2.45) is 0 Å². The van der Waals surface area contributed by atoms with Gasteiger partial charge in [-0.05, 0) is 59.2 Å². The Labute approximate surface area is 240 Å². The largest absolute Gasteiger partial charge is 0.454 e. The molecule has 3 heteroatoms. The van der Waals surface area contributed by atoms with Gasteiger partial charge in [-0.15, -0.1) is 11.3 Å². The lowest BCUT2D eigenvalue weighted by Crippen LogP contribution is -1.92. The minimum absolute atomic E-state index is 0.901. The van der Waals surface area contributed by atoms with Crippen LogP contribution in [-0.2, 0) is 0 Å². The summed E-state index contributed by atoms with van der Waals surface area (Å²) in [6.07, 6.45) is 0. The van der Waals surface area contributed by atoms with Crippen LogP contribution in [0.5, 0.6) is 0 Å². The third-order valence-corrected chi connectivity index (χ3v) is 9.44. The first-order chi connectivity index (χ1) is 20.3. The summed E-state index contributed by atoms with van der Waals surface area (Å²) in [5, 5.41) is 4.88. The third kappa shape index (κ3) is 3.30. The molecule has 0 N–H and O–H groups in total. The fourth-order valence-electron chi connectivity index (χ4n) is 6.41. The molecular formula is C38H23NOS. The van der Waals surface area contributed by atoms with Crippen LogP contribution in [0, 0.1) is 0 Å². The van der Waals surface area contributed by atoms with E-state index >= 15 is 0 Å². The van der Waals surface area contributed by atoms with Crippen molar-refractivity contribution in [3.8, 4) is 27.9 Å². The maximum absolute atomic E-state index is 6.67. The predicted octanol–water partition coefficient (Wildman–Crippen LogP) is 11.2. The van der Waals surface area contributed by atoms with E-state index in [0.29, 0.717) is 0 Å². The lowest BCUT2D eigenvalue weighted by atomic mass is 9.93. The normalized spacial score (nSPS) is 11.9. The Balaban J connectivity index is 1.28.